The molecule has 0 aromatic carbocycles. The SMILES string of the molecule is CC(N)(CN1CC2CCCC2C1)C1CC1. The van der Waals surface area contributed by atoms with Crippen LogP contribution in [0.1, 0.15) is 39.0 Å². The smallest absolute Gasteiger partial charge is 0.0283 e. The third kappa shape index (κ3) is 1.94. The fourth-order valence-corrected chi connectivity index (χ4v) is 3.81. The van der Waals surface area contributed by atoms with Gasteiger partial charge in [-0.3, -0.25) is 0 Å². The topological polar surface area (TPSA) is 29.3 Å². The van der Waals surface area contributed by atoms with Crippen molar-refractivity contribution in [1.29, 1.82) is 0 Å². The highest BCUT2D eigenvalue weighted by Crippen LogP contribution is 2.41. The maximum Gasteiger partial charge on any atom is 0.0283 e. The van der Waals surface area contributed by atoms with Gasteiger partial charge in [0.2, 0.25) is 0 Å². The van der Waals surface area contributed by atoms with Crippen LogP contribution >= 0.6 is 0 Å². The largest absolute Gasteiger partial charge is 0.324 e. The van der Waals surface area contributed by atoms with E-state index < -0.39 is 0 Å². The van der Waals surface area contributed by atoms with E-state index in [9.17, 15) is 0 Å². The molecular weight excluding hydrogens is 184 g/mol. The fourth-order valence-electron chi connectivity index (χ4n) is 3.81. The summed E-state index contributed by atoms with van der Waals surface area (Å²) in [6.45, 7) is 6.08. The van der Waals surface area contributed by atoms with Crippen LogP contribution in [0.25, 0.3) is 0 Å². The lowest BCUT2D eigenvalue weighted by Gasteiger charge is -2.30. The second kappa shape index (κ2) is 3.46. The summed E-state index contributed by atoms with van der Waals surface area (Å²) in [7, 11) is 0. The Morgan fingerprint density at radius 2 is 1.73 bits per heavy atom. The van der Waals surface area contributed by atoms with Crippen LogP contribution in [0.3, 0.4) is 0 Å². The Morgan fingerprint density at radius 1 is 1.13 bits per heavy atom. The van der Waals surface area contributed by atoms with Crippen LogP contribution < -0.4 is 5.73 Å². The van der Waals surface area contributed by atoms with E-state index in [0.29, 0.717) is 0 Å². The van der Waals surface area contributed by atoms with E-state index in [1.165, 1.54) is 45.2 Å². The van der Waals surface area contributed by atoms with E-state index in [2.05, 4.69) is 11.8 Å². The first-order valence-electron chi connectivity index (χ1n) is 6.66. The third-order valence-corrected chi connectivity index (χ3v) is 4.88. The first-order valence-corrected chi connectivity index (χ1v) is 6.66. The summed E-state index contributed by atoms with van der Waals surface area (Å²) in [5.41, 5.74) is 6.51. The lowest BCUT2D eigenvalue weighted by atomic mass is 9.96. The predicted octanol–water partition coefficient (Wildman–Crippen LogP) is 1.85. The number of nitrogens with zero attached hydrogens (tertiary/aromatic N) is 1. The molecule has 0 radical (unpaired) electrons. The van der Waals surface area contributed by atoms with Gasteiger partial charge in [-0.1, -0.05) is 6.42 Å². The molecule has 0 amide bonds. The zero-order valence-corrected chi connectivity index (χ0v) is 9.91. The van der Waals surface area contributed by atoms with Crippen LogP contribution in [0.2, 0.25) is 0 Å². The Balaban J connectivity index is 1.56. The number of hydrogen-bond acceptors (Lipinski definition) is 2. The molecule has 0 aromatic heterocycles. The summed E-state index contributed by atoms with van der Waals surface area (Å²) in [6, 6.07) is 0. The van der Waals surface area contributed by atoms with Gasteiger partial charge in [0.15, 0.2) is 0 Å². The van der Waals surface area contributed by atoms with Crippen LogP contribution in [0, 0.1) is 17.8 Å². The van der Waals surface area contributed by atoms with Crippen LogP contribution in [-0.2, 0) is 0 Å². The van der Waals surface area contributed by atoms with Crippen molar-refractivity contribution in [1.82, 2.24) is 4.90 Å². The Hall–Kier alpha value is -0.0800. The van der Waals surface area contributed by atoms with Crippen LogP contribution in [0.4, 0.5) is 0 Å². The average Bonchev–Trinajstić information content (AvgIpc) is 2.82. The normalized spacial score (nSPS) is 40.4. The van der Waals surface area contributed by atoms with Gasteiger partial charge < -0.3 is 10.6 Å². The van der Waals surface area contributed by atoms with Gasteiger partial charge in [-0.05, 0) is 50.4 Å². The molecule has 3 fully saturated rings. The molecule has 3 rings (SSSR count). The number of hydrogen-bond donors (Lipinski definition) is 1. The molecule has 0 bridgehead atoms. The van der Waals surface area contributed by atoms with Crippen LogP contribution in [-0.4, -0.2) is 30.1 Å². The van der Waals surface area contributed by atoms with Crippen molar-refractivity contribution in [3.05, 3.63) is 0 Å². The monoisotopic (exact) mass is 208 g/mol. The van der Waals surface area contributed by atoms with Gasteiger partial charge in [0.25, 0.3) is 0 Å². The average molecular weight is 208 g/mol. The Labute approximate surface area is 93.2 Å². The van der Waals surface area contributed by atoms with Gasteiger partial charge in [-0.15, -0.1) is 0 Å². The van der Waals surface area contributed by atoms with Crippen molar-refractivity contribution < 1.29 is 0 Å². The molecule has 0 aromatic rings. The highest BCUT2D eigenvalue weighted by Gasteiger charge is 2.43. The standard InChI is InChI=1S/C13H24N2/c1-13(14,12-5-6-12)9-15-7-10-3-2-4-11(10)8-15/h10-12H,2-9,14H2,1H3. The first kappa shape index (κ1) is 10.1. The second-order valence-corrected chi connectivity index (χ2v) is 6.43. The van der Waals surface area contributed by atoms with Gasteiger partial charge in [0, 0.05) is 25.2 Å². The van der Waals surface area contributed by atoms with Gasteiger partial charge in [0.1, 0.15) is 0 Å². The van der Waals surface area contributed by atoms with Crippen molar-refractivity contribution in [2.45, 2.75) is 44.6 Å². The molecule has 3 aliphatic rings. The van der Waals surface area contributed by atoms with Crippen molar-refractivity contribution in [3.8, 4) is 0 Å². The van der Waals surface area contributed by atoms with E-state index in [4.69, 9.17) is 5.73 Å². The molecule has 0 spiro atoms. The molecule has 3 unspecified atom stereocenters. The summed E-state index contributed by atoms with van der Waals surface area (Å²) >= 11 is 0. The summed E-state index contributed by atoms with van der Waals surface area (Å²) < 4.78 is 0. The summed E-state index contributed by atoms with van der Waals surface area (Å²) in [6.07, 6.45) is 7.17. The minimum absolute atomic E-state index is 0.0959. The zero-order valence-electron chi connectivity index (χ0n) is 9.91. The molecule has 2 N–H and O–H groups in total. The molecule has 3 atom stereocenters. The fraction of sp³-hybridized carbons (Fsp3) is 1.00. The van der Waals surface area contributed by atoms with Crippen molar-refractivity contribution in [2.24, 2.45) is 23.5 Å². The third-order valence-electron chi connectivity index (χ3n) is 4.88. The summed E-state index contributed by atoms with van der Waals surface area (Å²) in [5, 5.41) is 0. The Morgan fingerprint density at radius 3 is 2.27 bits per heavy atom. The van der Waals surface area contributed by atoms with Gasteiger partial charge >= 0.3 is 0 Å². The Kier molecular flexibility index (Phi) is 2.33. The molecule has 2 heteroatoms. The number of nitrogens with two attached hydrogens (primary N) is 1. The predicted molar refractivity (Wildman–Crippen MR) is 62.6 cm³/mol. The molecule has 15 heavy (non-hydrogen) atoms. The van der Waals surface area contributed by atoms with Gasteiger partial charge in [-0.2, -0.15) is 0 Å². The minimum Gasteiger partial charge on any atom is -0.324 e. The van der Waals surface area contributed by atoms with E-state index >= 15 is 0 Å². The molecule has 1 saturated heterocycles. The molecule has 2 aliphatic carbocycles. The molecule has 1 heterocycles. The molecular formula is C13H24N2. The van der Waals surface area contributed by atoms with Crippen LogP contribution in [0.5, 0.6) is 0 Å². The van der Waals surface area contributed by atoms with Crippen molar-refractivity contribution in [3.63, 3.8) is 0 Å². The zero-order chi connectivity index (χ0) is 10.5. The van der Waals surface area contributed by atoms with Gasteiger partial charge in [0.05, 0.1) is 0 Å². The molecule has 2 saturated carbocycles. The van der Waals surface area contributed by atoms with E-state index in [1.807, 2.05) is 0 Å². The Bertz CT molecular complexity index is 233. The highest BCUT2D eigenvalue weighted by molar-refractivity contribution is 4.99. The van der Waals surface area contributed by atoms with E-state index in [-0.39, 0.29) is 5.54 Å². The van der Waals surface area contributed by atoms with Gasteiger partial charge in [-0.25, -0.2) is 0 Å². The molecule has 2 nitrogen and oxygen atoms in total. The highest BCUT2D eigenvalue weighted by atomic mass is 15.2. The second-order valence-electron chi connectivity index (χ2n) is 6.43. The molecule has 86 valence electrons. The number of likely N-dealkylation sites (tertiary alicyclic amines) is 1. The lowest BCUT2D eigenvalue weighted by Crippen LogP contribution is -2.49. The maximum atomic E-state index is 6.41. The lowest BCUT2D eigenvalue weighted by molar-refractivity contribution is 0.225. The number of rotatable bonds is 3. The van der Waals surface area contributed by atoms with E-state index in [0.717, 1.165) is 24.3 Å². The quantitative estimate of drug-likeness (QED) is 0.767. The van der Waals surface area contributed by atoms with Crippen molar-refractivity contribution in [2.75, 3.05) is 19.6 Å². The molecule has 1 aliphatic heterocycles. The minimum atomic E-state index is 0.0959. The summed E-state index contributed by atoms with van der Waals surface area (Å²) in [4.78, 5) is 2.65. The van der Waals surface area contributed by atoms with E-state index in [1.54, 1.807) is 0 Å². The maximum absolute atomic E-state index is 6.41. The first-order chi connectivity index (χ1) is 7.15. The van der Waals surface area contributed by atoms with Crippen molar-refractivity contribution >= 4 is 0 Å². The van der Waals surface area contributed by atoms with Crippen LogP contribution in [0.15, 0.2) is 0 Å². The summed E-state index contributed by atoms with van der Waals surface area (Å²) in [5.74, 6) is 2.85. The number of fused-ring (bicyclic) bond motifs is 1.